The van der Waals surface area contributed by atoms with Crippen molar-refractivity contribution < 1.29 is 13.6 Å². The number of halogens is 2. The number of hydrogen-bond acceptors (Lipinski definition) is 5. The Hall–Kier alpha value is -2.39. The summed E-state index contributed by atoms with van der Waals surface area (Å²) in [5.74, 6) is -1.91. The topological polar surface area (TPSA) is 70.7 Å². The zero-order valence-electron chi connectivity index (χ0n) is 14.3. The highest BCUT2D eigenvalue weighted by molar-refractivity contribution is 8.00. The molecule has 0 bridgehead atoms. The molecule has 0 saturated carbocycles. The molecule has 27 heavy (non-hydrogen) atoms. The second-order valence-corrected chi connectivity index (χ2v) is 7.58. The molecular formula is C18H16F2N4OS2. The summed E-state index contributed by atoms with van der Waals surface area (Å²) in [5.41, 5.74) is 2.63. The Labute approximate surface area is 163 Å². The molecule has 0 aliphatic rings. The molecule has 3 aromatic rings. The molecule has 0 saturated heterocycles. The van der Waals surface area contributed by atoms with Gasteiger partial charge in [0.05, 0.1) is 5.75 Å². The van der Waals surface area contributed by atoms with E-state index in [4.69, 9.17) is 0 Å². The highest BCUT2D eigenvalue weighted by atomic mass is 32.2. The maximum Gasteiger partial charge on any atom is 0.288 e. The minimum atomic E-state index is -2.46. The number of alkyl halides is 2. The van der Waals surface area contributed by atoms with E-state index in [0.717, 1.165) is 11.1 Å². The summed E-state index contributed by atoms with van der Waals surface area (Å²) < 4.78 is 24.6. The van der Waals surface area contributed by atoms with Gasteiger partial charge in [-0.15, -0.1) is 5.10 Å². The predicted molar refractivity (Wildman–Crippen MR) is 104 cm³/mol. The maximum atomic E-state index is 12.3. The number of carbonyl (C=O) groups excluding carboxylic acids is 1. The third-order valence-corrected chi connectivity index (χ3v) is 5.06. The third kappa shape index (κ3) is 5.80. The van der Waals surface area contributed by atoms with Crippen molar-refractivity contribution in [2.75, 3.05) is 11.1 Å². The molecule has 5 nitrogen and oxygen atoms in total. The number of aromatic amines is 1. The van der Waals surface area contributed by atoms with E-state index in [2.05, 4.69) is 20.5 Å². The SMILES string of the molecule is Cc1ccc(-c2nc(SCC(=O)Nc3ccc(SC(F)F)cc3)n[nH]2)cc1. The Morgan fingerprint density at radius 2 is 1.85 bits per heavy atom. The van der Waals surface area contributed by atoms with Crippen LogP contribution in [-0.4, -0.2) is 32.6 Å². The fraction of sp³-hybridized carbons (Fsp3) is 0.167. The van der Waals surface area contributed by atoms with Crippen molar-refractivity contribution >= 4 is 35.1 Å². The first kappa shape index (κ1) is 19.4. The lowest BCUT2D eigenvalue weighted by atomic mass is 10.1. The Morgan fingerprint density at radius 1 is 1.15 bits per heavy atom. The van der Waals surface area contributed by atoms with E-state index in [-0.39, 0.29) is 11.7 Å². The second kappa shape index (κ2) is 9.01. The highest BCUT2D eigenvalue weighted by Gasteiger charge is 2.10. The van der Waals surface area contributed by atoms with Crippen LogP contribution in [0.15, 0.2) is 58.6 Å². The first-order chi connectivity index (χ1) is 13.0. The third-order valence-electron chi connectivity index (χ3n) is 3.49. The van der Waals surface area contributed by atoms with Crippen LogP contribution in [0.4, 0.5) is 14.5 Å². The van der Waals surface area contributed by atoms with Crippen LogP contribution >= 0.6 is 23.5 Å². The van der Waals surface area contributed by atoms with Gasteiger partial charge in [-0.05, 0) is 31.2 Å². The number of hydrogen-bond donors (Lipinski definition) is 2. The van der Waals surface area contributed by atoms with Crippen LogP contribution in [0, 0.1) is 6.92 Å². The van der Waals surface area contributed by atoms with Crippen LogP contribution in [0.3, 0.4) is 0 Å². The fourth-order valence-corrected chi connectivity index (χ4v) is 3.30. The van der Waals surface area contributed by atoms with Gasteiger partial charge in [0.15, 0.2) is 5.82 Å². The summed E-state index contributed by atoms with van der Waals surface area (Å²) in [6.45, 7) is 2.01. The van der Waals surface area contributed by atoms with Gasteiger partial charge in [-0.25, -0.2) is 4.98 Å². The van der Waals surface area contributed by atoms with Gasteiger partial charge >= 0.3 is 0 Å². The van der Waals surface area contributed by atoms with Gasteiger partial charge in [-0.2, -0.15) is 8.78 Å². The average Bonchev–Trinajstić information content (AvgIpc) is 3.11. The van der Waals surface area contributed by atoms with E-state index in [9.17, 15) is 13.6 Å². The normalized spacial score (nSPS) is 11.0. The lowest BCUT2D eigenvalue weighted by Crippen LogP contribution is -2.14. The first-order valence-electron chi connectivity index (χ1n) is 7.96. The minimum Gasteiger partial charge on any atom is -0.325 e. The molecule has 0 atom stereocenters. The lowest BCUT2D eigenvalue weighted by molar-refractivity contribution is -0.113. The Morgan fingerprint density at radius 3 is 2.52 bits per heavy atom. The number of nitrogens with zero attached hydrogens (tertiary/aromatic N) is 2. The lowest BCUT2D eigenvalue weighted by Gasteiger charge is -2.05. The number of anilines is 1. The van der Waals surface area contributed by atoms with Crippen molar-refractivity contribution in [3.63, 3.8) is 0 Å². The van der Waals surface area contributed by atoms with Crippen molar-refractivity contribution in [2.45, 2.75) is 22.7 Å². The van der Waals surface area contributed by atoms with Gasteiger partial charge in [-0.3, -0.25) is 9.89 Å². The van der Waals surface area contributed by atoms with Gasteiger partial charge < -0.3 is 5.32 Å². The molecule has 0 spiro atoms. The fourth-order valence-electron chi connectivity index (χ4n) is 2.20. The average molecular weight is 406 g/mol. The molecule has 2 aromatic carbocycles. The van der Waals surface area contributed by atoms with Gasteiger partial charge in [0, 0.05) is 16.1 Å². The van der Waals surface area contributed by atoms with Crippen molar-refractivity contribution in [1.82, 2.24) is 15.2 Å². The van der Waals surface area contributed by atoms with Crippen LogP contribution in [0.25, 0.3) is 11.4 Å². The molecule has 0 aliphatic carbocycles. The van der Waals surface area contributed by atoms with Crippen LogP contribution in [0.1, 0.15) is 5.56 Å². The Balaban J connectivity index is 1.51. The molecule has 1 amide bonds. The molecule has 0 fully saturated rings. The quantitative estimate of drug-likeness (QED) is 0.550. The zero-order valence-corrected chi connectivity index (χ0v) is 15.9. The summed E-state index contributed by atoms with van der Waals surface area (Å²) in [6.07, 6.45) is 0. The number of aryl methyl sites for hydroxylation is 1. The van der Waals surface area contributed by atoms with E-state index in [1.54, 1.807) is 24.3 Å². The number of thioether (sulfide) groups is 2. The second-order valence-electron chi connectivity index (χ2n) is 5.57. The molecule has 140 valence electrons. The molecular weight excluding hydrogens is 390 g/mol. The number of aromatic nitrogens is 3. The summed E-state index contributed by atoms with van der Waals surface area (Å²) in [5, 5.41) is 10.2. The van der Waals surface area contributed by atoms with Crippen LogP contribution in [0.5, 0.6) is 0 Å². The van der Waals surface area contributed by atoms with Crippen molar-refractivity contribution in [3.05, 3.63) is 54.1 Å². The largest absolute Gasteiger partial charge is 0.325 e. The van der Waals surface area contributed by atoms with Gasteiger partial charge in [0.1, 0.15) is 0 Å². The van der Waals surface area contributed by atoms with Crippen molar-refractivity contribution in [3.8, 4) is 11.4 Å². The smallest absolute Gasteiger partial charge is 0.288 e. The summed E-state index contributed by atoms with van der Waals surface area (Å²) in [7, 11) is 0. The molecule has 0 unspecified atom stereocenters. The predicted octanol–water partition coefficient (Wildman–Crippen LogP) is 4.83. The van der Waals surface area contributed by atoms with Crippen LogP contribution < -0.4 is 5.32 Å². The Kier molecular flexibility index (Phi) is 6.46. The van der Waals surface area contributed by atoms with E-state index >= 15 is 0 Å². The molecule has 2 N–H and O–H groups in total. The number of amides is 1. The highest BCUT2D eigenvalue weighted by Crippen LogP contribution is 2.26. The number of carbonyl (C=O) groups is 1. The number of nitrogens with one attached hydrogen (secondary N) is 2. The number of benzene rings is 2. The van der Waals surface area contributed by atoms with Crippen molar-refractivity contribution in [1.29, 1.82) is 0 Å². The monoisotopic (exact) mass is 406 g/mol. The van der Waals surface area contributed by atoms with Crippen LogP contribution in [0.2, 0.25) is 0 Å². The minimum absolute atomic E-state index is 0.138. The Bertz CT molecular complexity index is 898. The molecule has 0 aliphatic heterocycles. The zero-order chi connectivity index (χ0) is 19.2. The standard InChI is InChI=1S/C18H16F2N4OS2/c1-11-2-4-12(5-3-11)16-22-18(24-23-16)26-10-15(25)21-13-6-8-14(9-7-13)27-17(19)20/h2-9,17H,10H2,1H3,(H,21,25)(H,22,23,24). The van der Waals surface area contributed by atoms with Gasteiger partial charge in [-0.1, -0.05) is 53.4 Å². The van der Waals surface area contributed by atoms with E-state index < -0.39 is 5.76 Å². The van der Waals surface area contributed by atoms with E-state index in [1.165, 1.54) is 11.8 Å². The van der Waals surface area contributed by atoms with Crippen LogP contribution in [-0.2, 0) is 4.79 Å². The van der Waals surface area contributed by atoms with E-state index in [1.807, 2.05) is 31.2 Å². The number of H-pyrrole nitrogens is 1. The molecule has 1 heterocycles. The van der Waals surface area contributed by atoms with E-state index in [0.29, 0.717) is 33.3 Å². The molecule has 0 radical (unpaired) electrons. The molecule has 9 heteroatoms. The summed E-state index contributed by atoms with van der Waals surface area (Å²) >= 11 is 1.67. The summed E-state index contributed by atoms with van der Waals surface area (Å²) in [6, 6.07) is 14.2. The molecule has 1 aromatic heterocycles. The van der Waals surface area contributed by atoms with Gasteiger partial charge in [0.2, 0.25) is 11.1 Å². The molecule has 3 rings (SSSR count). The number of rotatable bonds is 7. The maximum absolute atomic E-state index is 12.3. The van der Waals surface area contributed by atoms with Crippen molar-refractivity contribution in [2.24, 2.45) is 0 Å². The summed E-state index contributed by atoms with van der Waals surface area (Å²) in [4.78, 5) is 16.9. The van der Waals surface area contributed by atoms with Gasteiger partial charge in [0.25, 0.3) is 5.76 Å². The first-order valence-corrected chi connectivity index (χ1v) is 9.83.